The highest BCUT2D eigenvalue weighted by atomic mass is 32.2. The Morgan fingerprint density at radius 2 is 2.05 bits per heavy atom. The van der Waals surface area contributed by atoms with Gasteiger partial charge in [0.25, 0.3) is 0 Å². The minimum atomic E-state index is 0.123. The van der Waals surface area contributed by atoms with Crippen LogP contribution in [0.5, 0.6) is 0 Å². The smallest absolute Gasteiger partial charge is 0.230 e. The average molecular weight is 306 g/mol. The molecule has 114 valence electrons. The maximum Gasteiger partial charge on any atom is 0.230 e. The molecule has 3 aliphatic carbocycles. The van der Waals surface area contributed by atoms with Gasteiger partial charge in [-0.25, -0.2) is 0 Å². The Balaban J connectivity index is 1.36. The van der Waals surface area contributed by atoms with Gasteiger partial charge in [0, 0.05) is 18.0 Å². The zero-order valence-electron chi connectivity index (χ0n) is 12.4. The minimum Gasteiger partial charge on any atom is -0.353 e. The molecule has 1 N–H and O–H groups in total. The summed E-state index contributed by atoms with van der Waals surface area (Å²) in [4.78, 5) is 12.0. The summed E-state index contributed by atoms with van der Waals surface area (Å²) in [6, 6.07) is 0.910. The lowest BCUT2D eigenvalue weighted by Crippen LogP contribution is -2.35. The van der Waals surface area contributed by atoms with E-state index >= 15 is 0 Å². The predicted molar refractivity (Wildman–Crippen MR) is 81.3 cm³/mol. The molecule has 0 radical (unpaired) electrons. The molecule has 1 aromatic rings. The van der Waals surface area contributed by atoms with Gasteiger partial charge in [0.1, 0.15) is 5.82 Å². The van der Waals surface area contributed by atoms with E-state index in [-0.39, 0.29) is 5.91 Å². The molecule has 0 bridgehead atoms. The molecule has 3 saturated carbocycles. The van der Waals surface area contributed by atoms with E-state index in [9.17, 15) is 4.79 Å². The number of carbonyl (C=O) groups is 1. The van der Waals surface area contributed by atoms with Gasteiger partial charge in [-0.2, -0.15) is 0 Å². The van der Waals surface area contributed by atoms with Crippen molar-refractivity contribution in [2.45, 2.75) is 68.6 Å². The van der Waals surface area contributed by atoms with E-state index in [1.54, 1.807) is 11.8 Å². The first-order valence-electron chi connectivity index (χ1n) is 8.09. The Kier molecular flexibility index (Phi) is 3.44. The van der Waals surface area contributed by atoms with Gasteiger partial charge in [-0.15, -0.1) is 10.2 Å². The van der Waals surface area contributed by atoms with Gasteiger partial charge in [-0.3, -0.25) is 4.79 Å². The average Bonchev–Trinajstić information content (AvgIpc) is 3.34. The maximum absolute atomic E-state index is 12.0. The number of nitrogens with one attached hydrogen (secondary N) is 1. The van der Waals surface area contributed by atoms with Gasteiger partial charge >= 0.3 is 0 Å². The molecule has 6 heteroatoms. The molecule has 0 saturated heterocycles. The third kappa shape index (κ3) is 3.10. The summed E-state index contributed by atoms with van der Waals surface area (Å²) in [6.07, 6.45) is 7.47. The van der Waals surface area contributed by atoms with Crippen molar-refractivity contribution in [3.63, 3.8) is 0 Å². The van der Waals surface area contributed by atoms with Crippen molar-refractivity contribution < 1.29 is 4.79 Å². The first kappa shape index (κ1) is 13.6. The number of hydrogen-bond donors (Lipinski definition) is 1. The molecule has 1 atom stereocenters. The van der Waals surface area contributed by atoms with Crippen molar-refractivity contribution in [1.82, 2.24) is 20.1 Å². The molecule has 21 heavy (non-hydrogen) atoms. The molecule has 3 aliphatic rings. The van der Waals surface area contributed by atoms with Crippen molar-refractivity contribution in [3.8, 4) is 0 Å². The fourth-order valence-corrected chi connectivity index (χ4v) is 3.65. The number of thioether (sulfide) groups is 1. The van der Waals surface area contributed by atoms with E-state index in [0.29, 0.717) is 29.7 Å². The number of hydrogen-bond acceptors (Lipinski definition) is 4. The second-order valence-corrected chi connectivity index (χ2v) is 7.64. The van der Waals surface area contributed by atoms with Crippen molar-refractivity contribution >= 4 is 17.7 Å². The third-order valence-electron chi connectivity index (χ3n) is 4.60. The molecule has 1 amide bonds. The number of aromatic nitrogens is 3. The van der Waals surface area contributed by atoms with Crippen molar-refractivity contribution in [1.29, 1.82) is 0 Å². The van der Waals surface area contributed by atoms with Crippen LogP contribution in [-0.4, -0.2) is 32.5 Å². The molecule has 5 nitrogen and oxygen atoms in total. The van der Waals surface area contributed by atoms with Crippen LogP contribution in [0.25, 0.3) is 0 Å². The molecular weight excluding hydrogens is 284 g/mol. The Labute approximate surface area is 129 Å². The Hall–Kier alpha value is -1.04. The SMILES string of the molecule is CC(NC(=O)CSc1nnc(C2CC2)n1C1CC1)C1CC1. The molecule has 0 aliphatic heterocycles. The highest BCUT2D eigenvalue weighted by molar-refractivity contribution is 7.99. The van der Waals surface area contributed by atoms with E-state index in [4.69, 9.17) is 0 Å². The lowest BCUT2D eigenvalue weighted by Gasteiger charge is -2.12. The second-order valence-electron chi connectivity index (χ2n) is 6.70. The molecule has 0 spiro atoms. The summed E-state index contributed by atoms with van der Waals surface area (Å²) >= 11 is 1.54. The predicted octanol–water partition coefficient (Wildman–Crippen LogP) is 2.50. The lowest BCUT2D eigenvalue weighted by molar-refractivity contribution is -0.119. The summed E-state index contributed by atoms with van der Waals surface area (Å²) in [5.74, 6) is 3.06. The fraction of sp³-hybridized carbons (Fsp3) is 0.800. The standard InChI is InChI=1S/C15H22N4OS/c1-9(10-2-3-10)16-13(20)8-21-15-18-17-14(11-4-5-11)19(15)12-6-7-12/h9-12H,2-8H2,1H3,(H,16,20). The molecule has 1 heterocycles. The van der Waals surface area contributed by atoms with Crippen LogP contribution in [0.2, 0.25) is 0 Å². The zero-order valence-corrected chi connectivity index (χ0v) is 13.2. The van der Waals surface area contributed by atoms with Crippen LogP contribution in [0, 0.1) is 5.92 Å². The van der Waals surface area contributed by atoms with Crippen LogP contribution < -0.4 is 5.32 Å². The van der Waals surface area contributed by atoms with E-state index in [0.717, 1.165) is 11.0 Å². The first-order valence-corrected chi connectivity index (χ1v) is 9.08. The normalized spacial score (nSPS) is 23.1. The van der Waals surface area contributed by atoms with Gasteiger partial charge in [-0.1, -0.05) is 11.8 Å². The van der Waals surface area contributed by atoms with Crippen LogP contribution in [-0.2, 0) is 4.79 Å². The van der Waals surface area contributed by atoms with Crippen LogP contribution in [0.4, 0.5) is 0 Å². The van der Waals surface area contributed by atoms with Crippen molar-refractivity contribution in [2.75, 3.05) is 5.75 Å². The third-order valence-corrected chi connectivity index (χ3v) is 5.54. The van der Waals surface area contributed by atoms with Crippen molar-refractivity contribution in [3.05, 3.63) is 5.82 Å². The topological polar surface area (TPSA) is 59.8 Å². The number of amides is 1. The van der Waals surface area contributed by atoms with E-state index in [2.05, 4.69) is 27.0 Å². The molecule has 1 unspecified atom stereocenters. The molecule has 0 aromatic carbocycles. The van der Waals surface area contributed by atoms with Crippen LogP contribution in [0.3, 0.4) is 0 Å². The van der Waals surface area contributed by atoms with Gasteiger partial charge in [0.2, 0.25) is 5.91 Å². The fourth-order valence-electron chi connectivity index (χ4n) is 2.82. The van der Waals surface area contributed by atoms with Crippen LogP contribution in [0.1, 0.15) is 63.2 Å². The lowest BCUT2D eigenvalue weighted by atomic mass is 10.2. The monoisotopic (exact) mass is 306 g/mol. The van der Waals surface area contributed by atoms with E-state index in [1.807, 2.05) is 0 Å². The van der Waals surface area contributed by atoms with Gasteiger partial charge in [-0.05, 0) is 51.4 Å². The van der Waals surface area contributed by atoms with Gasteiger partial charge < -0.3 is 9.88 Å². The van der Waals surface area contributed by atoms with E-state index in [1.165, 1.54) is 38.5 Å². The summed E-state index contributed by atoms with van der Waals surface area (Å²) in [6.45, 7) is 2.11. The van der Waals surface area contributed by atoms with Crippen molar-refractivity contribution in [2.24, 2.45) is 5.92 Å². The highest BCUT2D eigenvalue weighted by Crippen LogP contribution is 2.45. The van der Waals surface area contributed by atoms with Gasteiger partial charge in [0.15, 0.2) is 5.16 Å². The molecule has 1 aromatic heterocycles. The largest absolute Gasteiger partial charge is 0.353 e. The van der Waals surface area contributed by atoms with Gasteiger partial charge in [0.05, 0.1) is 5.75 Å². The summed E-state index contributed by atoms with van der Waals surface area (Å²) < 4.78 is 2.31. The minimum absolute atomic E-state index is 0.123. The summed E-state index contributed by atoms with van der Waals surface area (Å²) in [7, 11) is 0. The van der Waals surface area contributed by atoms with Crippen LogP contribution >= 0.6 is 11.8 Å². The number of nitrogens with zero attached hydrogens (tertiary/aromatic N) is 3. The molecule has 3 fully saturated rings. The molecule has 4 rings (SSSR count). The second kappa shape index (κ2) is 5.30. The molecular formula is C15H22N4OS. The zero-order chi connectivity index (χ0) is 14.4. The first-order chi connectivity index (χ1) is 10.2. The summed E-state index contributed by atoms with van der Waals surface area (Å²) in [5.41, 5.74) is 0. The highest BCUT2D eigenvalue weighted by Gasteiger charge is 2.36. The maximum atomic E-state index is 12.0. The quantitative estimate of drug-likeness (QED) is 0.786. The van der Waals surface area contributed by atoms with Crippen LogP contribution in [0.15, 0.2) is 5.16 Å². The number of carbonyl (C=O) groups excluding carboxylic acids is 1. The number of rotatable bonds is 7. The Morgan fingerprint density at radius 1 is 1.29 bits per heavy atom. The Morgan fingerprint density at radius 3 is 2.67 bits per heavy atom. The Bertz CT molecular complexity index is 546. The summed E-state index contributed by atoms with van der Waals surface area (Å²) in [5, 5.41) is 12.7. The van der Waals surface area contributed by atoms with E-state index < -0.39 is 0 Å².